The van der Waals surface area contributed by atoms with Crippen molar-refractivity contribution in [1.29, 1.82) is 0 Å². The van der Waals surface area contributed by atoms with Crippen LogP contribution in [0.2, 0.25) is 0 Å². The van der Waals surface area contributed by atoms with E-state index in [0.717, 1.165) is 12.1 Å². The summed E-state index contributed by atoms with van der Waals surface area (Å²) in [4.78, 5) is 14.3. The molecule has 1 amide bonds. The number of amides is 1. The van der Waals surface area contributed by atoms with E-state index in [1.54, 1.807) is 29.2 Å². The van der Waals surface area contributed by atoms with Gasteiger partial charge in [-0.25, -0.2) is 12.8 Å². The summed E-state index contributed by atoms with van der Waals surface area (Å²) >= 11 is 0. The first kappa shape index (κ1) is 18.3. The standard InChI is InChI=1S/C18H19FN2O4S/c1-25-17-5-3-2-4-16(17)18(22)20-10-12-21(13-11-20)26(23,24)15-8-6-14(19)7-9-15/h2-9H,10-13H2,1H3. The van der Waals surface area contributed by atoms with E-state index in [-0.39, 0.29) is 37.0 Å². The van der Waals surface area contributed by atoms with Crippen molar-refractivity contribution in [3.8, 4) is 5.75 Å². The Kier molecular flexibility index (Phi) is 5.24. The van der Waals surface area contributed by atoms with Gasteiger partial charge in [0.05, 0.1) is 17.6 Å². The van der Waals surface area contributed by atoms with E-state index in [1.165, 1.54) is 23.5 Å². The van der Waals surface area contributed by atoms with Crippen molar-refractivity contribution in [1.82, 2.24) is 9.21 Å². The molecule has 0 unspecified atom stereocenters. The lowest BCUT2D eigenvalue weighted by atomic mass is 10.1. The van der Waals surface area contributed by atoms with Crippen molar-refractivity contribution in [2.24, 2.45) is 0 Å². The molecule has 0 aromatic heterocycles. The molecule has 3 rings (SSSR count). The number of hydrogen-bond donors (Lipinski definition) is 0. The molecule has 138 valence electrons. The predicted molar refractivity (Wildman–Crippen MR) is 94.1 cm³/mol. The number of carbonyl (C=O) groups is 1. The minimum Gasteiger partial charge on any atom is -0.496 e. The third-order valence-corrected chi connectivity index (χ3v) is 6.23. The number of hydrogen-bond acceptors (Lipinski definition) is 4. The van der Waals surface area contributed by atoms with E-state index in [2.05, 4.69) is 0 Å². The minimum absolute atomic E-state index is 0.0448. The Morgan fingerprint density at radius 3 is 2.23 bits per heavy atom. The summed E-state index contributed by atoms with van der Waals surface area (Å²) in [6.45, 7) is 0.913. The average molecular weight is 378 g/mol. The van der Waals surface area contributed by atoms with Crippen LogP contribution in [0.15, 0.2) is 53.4 Å². The van der Waals surface area contributed by atoms with Gasteiger partial charge in [0.2, 0.25) is 10.0 Å². The van der Waals surface area contributed by atoms with Gasteiger partial charge in [-0.3, -0.25) is 4.79 Å². The largest absolute Gasteiger partial charge is 0.496 e. The Labute approximate surface area is 151 Å². The van der Waals surface area contributed by atoms with Crippen LogP contribution in [-0.4, -0.2) is 56.8 Å². The molecule has 1 heterocycles. The maximum Gasteiger partial charge on any atom is 0.257 e. The van der Waals surface area contributed by atoms with Crippen LogP contribution in [0.25, 0.3) is 0 Å². The summed E-state index contributed by atoms with van der Waals surface area (Å²) < 4.78 is 44.8. The fourth-order valence-corrected chi connectivity index (χ4v) is 4.30. The second-order valence-electron chi connectivity index (χ2n) is 5.85. The number of ether oxygens (including phenoxy) is 1. The Balaban J connectivity index is 1.71. The maximum atomic E-state index is 13.0. The van der Waals surface area contributed by atoms with Gasteiger partial charge in [0, 0.05) is 26.2 Å². The number of rotatable bonds is 4. The Bertz CT molecular complexity index is 892. The smallest absolute Gasteiger partial charge is 0.257 e. The normalized spacial score (nSPS) is 15.7. The van der Waals surface area contributed by atoms with Crippen LogP contribution in [0.1, 0.15) is 10.4 Å². The molecule has 1 saturated heterocycles. The molecule has 2 aromatic rings. The number of nitrogens with zero attached hydrogens (tertiary/aromatic N) is 2. The quantitative estimate of drug-likeness (QED) is 0.816. The second kappa shape index (κ2) is 7.43. The zero-order valence-electron chi connectivity index (χ0n) is 14.3. The van der Waals surface area contributed by atoms with Gasteiger partial charge in [-0.1, -0.05) is 12.1 Å². The molecule has 8 heteroatoms. The molecule has 0 N–H and O–H groups in total. The molecule has 0 aliphatic carbocycles. The van der Waals surface area contributed by atoms with Crippen molar-refractivity contribution >= 4 is 15.9 Å². The number of carbonyl (C=O) groups excluding carboxylic acids is 1. The lowest BCUT2D eigenvalue weighted by Crippen LogP contribution is -2.50. The number of benzene rings is 2. The van der Waals surface area contributed by atoms with Crippen LogP contribution in [0, 0.1) is 5.82 Å². The number of halogens is 1. The average Bonchev–Trinajstić information content (AvgIpc) is 2.68. The molecular weight excluding hydrogens is 359 g/mol. The molecule has 0 spiro atoms. The zero-order chi connectivity index (χ0) is 18.7. The number of sulfonamides is 1. The summed E-state index contributed by atoms with van der Waals surface area (Å²) in [6.07, 6.45) is 0. The van der Waals surface area contributed by atoms with Gasteiger partial charge in [0.25, 0.3) is 5.91 Å². The highest BCUT2D eigenvalue weighted by Gasteiger charge is 2.31. The molecule has 6 nitrogen and oxygen atoms in total. The fraction of sp³-hybridized carbons (Fsp3) is 0.278. The lowest BCUT2D eigenvalue weighted by Gasteiger charge is -2.34. The van der Waals surface area contributed by atoms with Crippen LogP contribution in [0.3, 0.4) is 0 Å². The summed E-state index contributed by atoms with van der Waals surface area (Å²) in [5.74, 6) is -0.198. The van der Waals surface area contributed by atoms with Crippen LogP contribution in [0.4, 0.5) is 4.39 Å². The Morgan fingerprint density at radius 1 is 1.00 bits per heavy atom. The van der Waals surface area contributed by atoms with E-state index in [4.69, 9.17) is 4.74 Å². The topological polar surface area (TPSA) is 66.9 Å². The zero-order valence-corrected chi connectivity index (χ0v) is 15.1. The lowest BCUT2D eigenvalue weighted by molar-refractivity contribution is 0.0694. The third-order valence-electron chi connectivity index (χ3n) is 4.31. The van der Waals surface area contributed by atoms with Gasteiger partial charge in [0.15, 0.2) is 0 Å². The number of para-hydroxylation sites is 1. The first-order chi connectivity index (χ1) is 12.4. The van der Waals surface area contributed by atoms with Crippen molar-refractivity contribution in [3.05, 3.63) is 59.9 Å². The van der Waals surface area contributed by atoms with Crippen molar-refractivity contribution < 1.29 is 22.3 Å². The van der Waals surface area contributed by atoms with E-state index in [1.807, 2.05) is 0 Å². The summed E-state index contributed by atoms with van der Waals surface area (Å²) in [6, 6.07) is 11.7. The highest BCUT2D eigenvalue weighted by Crippen LogP contribution is 2.22. The highest BCUT2D eigenvalue weighted by molar-refractivity contribution is 7.89. The Hall–Kier alpha value is -2.45. The molecule has 0 atom stereocenters. The molecule has 0 saturated carbocycles. The van der Waals surface area contributed by atoms with Crippen LogP contribution >= 0.6 is 0 Å². The van der Waals surface area contributed by atoms with Crippen molar-refractivity contribution in [3.63, 3.8) is 0 Å². The van der Waals surface area contributed by atoms with Crippen LogP contribution in [0.5, 0.6) is 5.75 Å². The molecule has 1 fully saturated rings. The van der Waals surface area contributed by atoms with Gasteiger partial charge >= 0.3 is 0 Å². The molecule has 1 aliphatic heterocycles. The summed E-state index contributed by atoms with van der Waals surface area (Å²) in [5, 5.41) is 0. The molecule has 1 aliphatic rings. The van der Waals surface area contributed by atoms with Crippen LogP contribution in [-0.2, 0) is 10.0 Å². The maximum absolute atomic E-state index is 13.0. The van der Waals surface area contributed by atoms with Gasteiger partial charge in [0.1, 0.15) is 11.6 Å². The number of methoxy groups -OCH3 is 1. The van der Waals surface area contributed by atoms with Gasteiger partial charge < -0.3 is 9.64 Å². The second-order valence-corrected chi connectivity index (χ2v) is 7.79. The predicted octanol–water partition coefficient (Wildman–Crippen LogP) is 1.98. The van der Waals surface area contributed by atoms with E-state index < -0.39 is 15.8 Å². The molecule has 0 radical (unpaired) electrons. The molecular formula is C18H19FN2O4S. The van der Waals surface area contributed by atoms with E-state index in [9.17, 15) is 17.6 Å². The third kappa shape index (κ3) is 3.56. The van der Waals surface area contributed by atoms with Crippen molar-refractivity contribution in [2.75, 3.05) is 33.3 Å². The number of piperazine rings is 1. The Morgan fingerprint density at radius 2 is 1.62 bits per heavy atom. The minimum atomic E-state index is -3.70. The van der Waals surface area contributed by atoms with Crippen molar-refractivity contribution in [2.45, 2.75) is 4.90 Å². The summed E-state index contributed by atoms with van der Waals surface area (Å²) in [7, 11) is -2.20. The SMILES string of the molecule is COc1ccccc1C(=O)N1CCN(S(=O)(=O)c2ccc(F)cc2)CC1. The fourth-order valence-electron chi connectivity index (χ4n) is 2.88. The van der Waals surface area contributed by atoms with E-state index in [0.29, 0.717) is 11.3 Å². The molecule has 26 heavy (non-hydrogen) atoms. The molecule has 2 aromatic carbocycles. The molecule has 0 bridgehead atoms. The van der Waals surface area contributed by atoms with Gasteiger partial charge in [-0.15, -0.1) is 0 Å². The van der Waals surface area contributed by atoms with Gasteiger partial charge in [-0.05, 0) is 36.4 Å². The van der Waals surface area contributed by atoms with Crippen LogP contribution < -0.4 is 4.74 Å². The first-order valence-electron chi connectivity index (χ1n) is 8.11. The summed E-state index contributed by atoms with van der Waals surface area (Å²) in [5.41, 5.74) is 0.449. The first-order valence-corrected chi connectivity index (χ1v) is 9.55. The monoisotopic (exact) mass is 378 g/mol. The highest BCUT2D eigenvalue weighted by atomic mass is 32.2. The van der Waals surface area contributed by atoms with E-state index >= 15 is 0 Å². The van der Waals surface area contributed by atoms with Gasteiger partial charge in [-0.2, -0.15) is 4.31 Å².